The highest BCUT2D eigenvalue weighted by atomic mass is 16.5. The van der Waals surface area contributed by atoms with Crippen LogP contribution in [0.15, 0.2) is 61.2 Å². The third kappa shape index (κ3) is 4.84. The maximum Gasteiger partial charge on any atom is 0.143 e. The Morgan fingerprint density at radius 3 is 2.24 bits per heavy atom. The van der Waals surface area contributed by atoms with Gasteiger partial charge in [0.2, 0.25) is 0 Å². The summed E-state index contributed by atoms with van der Waals surface area (Å²) in [5.41, 5.74) is 5.99. The summed E-state index contributed by atoms with van der Waals surface area (Å²) in [7, 11) is 0. The molecular formula is C26H34N2O. The molecule has 0 spiro atoms. The monoisotopic (exact) mass is 390 g/mol. The maximum atomic E-state index is 6.01. The van der Waals surface area contributed by atoms with E-state index < -0.39 is 0 Å². The Labute approximate surface area is 176 Å². The molecule has 1 aliphatic rings. The summed E-state index contributed by atoms with van der Waals surface area (Å²) in [6.07, 6.45) is 6.54. The van der Waals surface area contributed by atoms with Crippen LogP contribution in [-0.4, -0.2) is 32.8 Å². The average molecular weight is 391 g/mol. The molecule has 0 N–H and O–H groups in total. The molecule has 0 amide bonds. The molecule has 0 radical (unpaired) electrons. The highest BCUT2D eigenvalue weighted by Gasteiger charge is 2.15. The lowest BCUT2D eigenvalue weighted by Gasteiger charge is -2.24. The van der Waals surface area contributed by atoms with Gasteiger partial charge < -0.3 is 14.5 Å². The zero-order valence-corrected chi connectivity index (χ0v) is 18.2. The quantitative estimate of drug-likeness (QED) is 0.478. The Morgan fingerprint density at radius 2 is 1.66 bits per heavy atom. The highest BCUT2D eigenvalue weighted by molar-refractivity contribution is 5.83. The standard InChI is InChI=1S/C26H34N2O/c1-5-11-24(21-12-15-23(16-13-21)28-18-9-10-19-28)22-14-17-25(27(6-2)7-3)26(20-22)29-8-4/h5,11-17,20H,1,6-10,18-19H2,2-4H3. The van der Waals surface area contributed by atoms with Gasteiger partial charge in [0.05, 0.1) is 12.3 Å². The van der Waals surface area contributed by atoms with Crippen LogP contribution in [0.2, 0.25) is 0 Å². The van der Waals surface area contributed by atoms with E-state index in [1.165, 1.54) is 42.8 Å². The van der Waals surface area contributed by atoms with Crippen molar-refractivity contribution in [3.05, 3.63) is 72.3 Å². The summed E-state index contributed by atoms with van der Waals surface area (Å²) in [4.78, 5) is 4.79. The Balaban J connectivity index is 1.95. The van der Waals surface area contributed by atoms with Gasteiger partial charge in [-0.1, -0.05) is 36.9 Å². The summed E-state index contributed by atoms with van der Waals surface area (Å²) >= 11 is 0. The van der Waals surface area contributed by atoms with Gasteiger partial charge in [0.15, 0.2) is 0 Å². The number of hydrogen-bond donors (Lipinski definition) is 0. The van der Waals surface area contributed by atoms with E-state index in [0.717, 1.165) is 30.1 Å². The molecule has 0 bridgehead atoms. The molecule has 0 aliphatic carbocycles. The number of rotatable bonds is 9. The predicted octanol–water partition coefficient (Wildman–Crippen LogP) is 6.15. The van der Waals surface area contributed by atoms with E-state index in [9.17, 15) is 0 Å². The maximum absolute atomic E-state index is 6.01. The Bertz CT molecular complexity index is 828. The van der Waals surface area contributed by atoms with Gasteiger partial charge in [-0.05, 0) is 74.6 Å². The van der Waals surface area contributed by atoms with Crippen molar-refractivity contribution >= 4 is 16.9 Å². The molecule has 29 heavy (non-hydrogen) atoms. The zero-order chi connectivity index (χ0) is 20.6. The van der Waals surface area contributed by atoms with Gasteiger partial charge >= 0.3 is 0 Å². The van der Waals surface area contributed by atoms with Crippen LogP contribution in [0.4, 0.5) is 11.4 Å². The summed E-state index contributed by atoms with van der Waals surface area (Å²) in [6, 6.07) is 15.5. The minimum atomic E-state index is 0.656. The number of ether oxygens (including phenoxy) is 1. The Kier molecular flexibility index (Phi) is 7.40. The van der Waals surface area contributed by atoms with E-state index >= 15 is 0 Å². The van der Waals surface area contributed by atoms with E-state index in [-0.39, 0.29) is 0 Å². The van der Waals surface area contributed by atoms with Crippen molar-refractivity contribution in [2.45, 2.75) is 33.6 Å². The lowest BCUT2D eigenvalue weighted by molar-refractivity contribution is 0.340. The molecule has 1 saturated heterocycles. The Morgan fingerprint density at radius 1 is 1.00 bits per heavy atom. The van der Waals surface area contributed by atoms with Crippen molar-refractivity contribution in [3.8, 4) is 5.75 Å². The number of benzene rings is 2. The van der Waals surface area contributed by atoms with Gasteiger partial charge in [-0.25, -0.2) is 0 Å². The summed E-state index contributed by atoms with van der Waals surface area (Å²) < 4.78 is 6.01. The minimum Gasteiger partial charge on any atom is -0.492 e. The molecule has 1 aliphatic heterocycles. The third-order valence-corrected chi connectivity index (χ3v) is 5.61. The largest absolute Gasteiger partial charge is 0.492 e. The minimum absolute atomic E-state index is 0.656. The lowest BCUT2D eigenvalue weighted by Crippen LogP contribution is -2.22. The SMILES string of the molecule is C=CC=C(c1ccc(N2CCCC2)cc1)c1ccc(N(CC)CC)c(OCC)c1. The van der Waals surface area contributed by atoms with Gasteiger partial charge in [-0.3, -0.25) is 0 Å². The predicted molar refractivity (Wildman–Crippen MR) is 126 cm³/mol. The fourth-order valence-corrected chi connectivity index (χ4v) is 4.08. The third-order valence-electron chi connectivity index (χ3n) is 5.61. The smallest absolute Gasteiger partial charge is 0.143 e. The van der Waals surface area contributed by atoms with Crippen molar-refractivity contribution < 1.29 is 4.74 Å². The van der Waals surface area contributed by atoms with Crippen molar-refractivity contribution in [1.82, 2.24) is 0 Å². The number of allylic oxidation sites excluding steroid dienone is 2. The van der Waals surface area contributed by atoms with Crippen molar-refractivity contribution in [2.24, 2.45) is 0 Å². The molecule has 2 aromatic rings. The van der Waals surface area contributed by atoms with Crippen LogP contribution >= 0.6 is 0 Å². The molecule has 0 unspecified atom stereocenters. The van der Waals surface area contributed by atoms with E-state index in [1.54, 1.807) is 0 Å². The van der Waals surface area contributed by atoms with Crippen LogP contribution in [0.25, 0.3) is 5.57 Å². The lowest BCUT2D eigenvalue weighted by atomic mass is 9.96. The van der Waals surface area contributed by atoms with Crippen LogP contribution in [0.5, 0.6) is 5.75 Å². The fourth-order valence-electron chi connectivity index (χ4n) is 4.08. The van der Waals surface area contributed by atoms with Crippen LogP contribution in [0, 0.1) is 0 Å². The second kappa shape index (κ2) is 10.2. The number of anilines is 2. The van der Waals surface area contributed by atoms with E-state index in [1.807, 2.05) is 13.0 Å². The van der Waals surface area contributed by atoms with Gasteiger partial charge in [-0.15, -0.1) is 0 Å². The van der Waals surface area contributed by atoms with Crippen molar-refractivity contribution in [3.63, 3.8) is 0 Å². The molecule has 0 saturated carbocycles. The summed E-state index contributed by atoms with van der Waals surface area (Å²) in [6.45, 7) is 15.2. The molecule has 3 nitrogen and oxygen atoms in total. The second-order valence-corrected chi connectivity index (χ2v) is 7.34. The number of hydrogen-bond acceptors (Lipinski definition) is 3. The topological polar surface area (TPSA) is 15.7 Å². The Hall–Kier alpha value is -2.68. The first-order valence-corrected chi connectivity index (χ1v) is 10.9. The molecule has 2 aromatic carbocycles. The molecule has 0 atom stereocenters. The molecule has 1 heterocycles. The first-order chi connectivity index (χ1) is 14.2. The molecule has 3 rings (SSSR count). The fraction of sp³-hybridized carbons (Fsp3) is 0.385. The van der Waals surface area contributed by atoms with Gasteiger partial charge in [0, 0.05) is 31.9 Å². The van der Waals surface area contributed by atoms with E-state index in [2.05, 4.69) is 78.8 Å². The summed E-state index contributed by atoms with van der Waals surface area (Å²) in [5, 5.41) is 0. The molecule has 0 aromatic heterocycles. The van der Waals surface area contributed by atoms with Crippen molar-refractivity contribution in [2.75, 3.05) is 42.6 Å². The van der Waals surface area contributed by atoms with Crippen LogP contribution < -0.4 is 14.5 Å². The zero-order valence-electron chi connectivity index (χ0n) is 18.2. The first kappa shape index (κ1) is 21.0. The van der Waals surface area contributed by atoms with Gasteiger partial charge in [-0.2, -0.15) is 0 Å². The van der Waals surface area contributed by atoms with Gasteiger partial charge in [0.1, 0.15) is 5.75 Å². The highest BCUT2D eigenvalue weighted by Crippen LogP contribution is 2.34. The first-order valence-electron chi connectivity index (χ1n) is 10.9. The molecule has 154 valence electrons. The normalized spacial score (nSPS) is 14.2. The molecule has 1 fully saturated rings. The van der Waals surface area contributed by atoms with Crippen molar-refractivity contribution in [1.29, 1.82) is 0 Å². The van der Waals surface area contributed by atoms with E-state index in [0.29, 0.717) is 6.61 Å². The molecule has 3 heteroatoms. The van der Waals surface area contributed by atoms with Gasteiger partial charge in [0.25, 0.3) is 0 Å². The van der Waals surface area contributed by atoms with Crippen LogP contribution in [0.3, 0.4) is 0 Å². The van der Waals surface area contributed by atoms with E-state index in [4.69, 9.17) is 4.74 Å². The summed E-state index contributed by atoms with van der Waals surface area (Å²) in [5.74, 6) is 0.942. The van der Waals surface area contributed by atoms with Crippen LogP contribution in [-0.2, 0) is 0 Å². The molecular weight excluding hydrogens is 356 g/mol. The number of nitrogens with zero attached hydrogens (tertiary/aromatic N) is 2. The second-order valence-electron chi connectivity index (χ2n) is 7.34. The van der Waals surface area contributed by atoms with Crippen LogP contribution in [0.1, 0.15) is 44.7 Å². The average Bonchev–Trinajstić information content (AvgIpc) is 3.29.